The molecule has 0 aromatic carbocycles. The summed E-state index contributed by atoms with van der Waals surface area (Å²) in [6.07, 6.45) is 3.10. The summed E-state index contributed by atoms with van der Waals surface area (Å²) in [5.74, 6) is 1.18. The monoisotopic (exact) mass is 216 g/mol. The van der Waals surface area contributed by atoms with Crippen molar-refractivity contribution >= 4 is 0 Å². The Morgan fingerprint density at radius 1 is 0.875 bits per heavy atom. The van der Waals surface area contributed by atoms with E-state index in [2.05, 4.69) is 9.97 Å². The van der Waals surface area contributed by atoms with E-state index in [1.165, 1.54) is 0 Å². The van der Waals surface area contributed by atoms with Crippen LogP contribution >= 0.6 is 0 Å². The summed E-state index contributed by atoms with van der Waals surface area (Å²) in [4.78, 5) is 16.6. The summed E-state index contributed by atoms with van der Waals surface area (Å²) in [6.45, 7) is 0. The molecule has 0 fully saturated rings. The molecular weight excluding hydrogens is 208 g/mol. The van der Waals surface area contributed by atoms with Gasteiger partial charge in [-0.05, 0) is 24.3 Å². The van der Waals surface area contributed by atoms with Crippen molar-refractivity contribution in [2.45, 2.75) is 0 Å². The lowest BCUT2D eigenvalue weighted by Gasteiger charge is -1.95. The van der Waals surface area contributed by atoms with Gasteiger partial charge in [0, 0.05) is 0 Å². The number of imidazole rings is 1. The fraction of sp³-hybridized carbons (Fsp3) is 0. The molecule has 0 saturated heterocycles. The molecule has 3 aromatic heterocycles. The van der Waals surface area contributed by atoms with Crippen molar-refractivity contribution < 1.29 is 8.83 Å². The van der Waals surface area contributed by atoms with Crippen LogP contribution in [0.4, 0.5) is 0 Å². The van der Waals surface area contributed by atoms with E-state index in [-0.39, 0.29) is 5.69 Å². The number of hydrogen-bond acceptors (Lipinski definition) is 3. The molecule has 0 unspecified atom stereocenters. The highest BCUT2D eigenvalue weighted by atomic mass is 16.3. The maximum absolute atomic E-state index is 11.3. The lowest BCUT2D eigenvalue weighted by molar-refractivity contribution is 0.573. The predicted molar refractivity (Wildman–Crippen MR) is 56.8 cm³/mol. The first-order valence-electron chi connectivity index (χ1n) is 4.74. The van der Waals surface area contributed by atoms with Gasteiger partial charge in [-0.15, -0.1) is 0 Å². The first kappa shape index (κ1) is 8.84. The molecule has 80 valence electrons. The number of hydrogen-bond donors (Lipinski definition) is 2. The Balaban J connectivity index is 2.23. The van der Waals surface area contributed by atoms with E-state index in [1.807, 2.05) is 0 Å². The van der Waals surface area contributed by atoms with Crippen molar-refractivity contribution in [3.63, 3.8) is 0 Å². The molecule has 2 N–H and O–H groups in total. The van der Waals surface area contributed by atoms with Gasteiger partial charge in [0.2, 0.25) is 0 Å². The smallest absolute Gasteiger partial charge is 0.324 e. The lowest BCUT2D eigenvalue weighted by atomic mass is 10.2. The third-order valence-corrected chi connectivity index (χ3v) is 2.26. The van der Waals surface area contributed by atoms with Gasteiger partial charge in [0.25, 0.3) is 0 Å². The molecule has 0 spiro atoms. The number of aromatic nitrogens is 2. The molecule has 0 atom stereocenters. The van der Waals surface area contributed by atoms with E-state index in [9.17, 15) is 4.79 Å². The molecule has 5 heteroatoms. The Kier molecular flexibility index (Phi) is 1.83. The van der Waals surface area contributed by atoms with Gasteiger partial charge in [0.15, 0.2) is 11.5 Å². The fourth-order valence-electron chi connectivity index (χ4n) is 1.59. The average Bonchev–Trinajstić information content (AvgIpc) is 2.98. The Morgan fingerprint density at radius 3 is 1.75 bits per heavy atom. The number of furan rings is 2. The third-order valence-electron chi connectivity index (χ3n) is 2.26. The van der Waals surface area contributed by atoms with Gasteiger partial charge in [-0.2, -0.15) is 0 Å². The maximum atomic E-state index is 11.3. The summed E-state index contributed by atoms with van der Waals surface area (Å²) < 4.78 is 10.5. The number of nitrogens with one attached hydrogen (secondary N) is 2. The van der Waals surface area contributed by atoms with E-state index in [0.29, 0.717) is 22.9 Å². The van der Waals surface area contributed by atoms with Crippen molar-refractivity contribution in [3.8, 4) is 22.9 Å². The molecular formula is C11H8N2O3. The van der Waals surface area contributed by atoms with E-state index in [1.54, 1.807) is 36.8 Å². The molecule has 0 saturated carbocycles. The van der Waals surface area contributed by atoms with Crippen molar-refractivity contribution in [1.29, 1.82) is 0 Å². The van der Waals surface area contributed by atoms with Crippen molar-refractivity contribution in [2.24, 2.45) is 0 Å². The van der Waals surface area contributed by atoms with E-state index < -0.39 is 0 Å². The molecule has 3 aromatic rings. The normalized spacial score (nSPS) is 10.8. The number of H-pyrrole nitrogens is 2. The second-order valence-corrected chi connectivity index (χ2v) is 3.28. The zero-order valence-corrected chi connectivity index (χ0v) is 8.19. The van der Waals surface area contributed by atoms with Crippen molar-refractivity contribution in [2.75, 3.05) is 0 Å². The third kappa shape index (κ3) is 1.30. The SMILES string of the molecule is O=c1[nH]c(-c2ccco2)c(-c2ccco2)[nH]1. The first-order chi connectivity index (χ1) is 7.84. The zero-order valence-electron chi connectivity index (χ0n) is 8.19. The molecule has 3 rings (SSSR count). The van der Waals surface area contributed by atoms with Crippen molar-refractivity contribution in [3.05, 3.63) is 47.3 Å². The molecule has 5 nitrogen and oxygen atoms in total. The van der Waals surface area contributed by atoms with E-state index in [4.69, 9.17) is 8.83 Å². The summed E-state index contributed by atoms with van der Waals surface area (Å²) in [5, 5.41) is 0. The van der Waals surface area contributed by atoms with Gasteiger partial charge in [-0.25, -0.2) is 4.79 Å². The largest absolute Gasteiger partial charge is 0.463 e. The summed E-state index contributed by atoms with van der Waals surface area (Å²) in [6, 6.07) is 7.05. The second kappa shape index (κ2) is 3.30. The molecule has 0 amide bonds. The highest BCUT2D eigenvalue weighted by Crippen LogP contribution is 2.27. The van der Waals surface area contributed by atoms with Crippen LogP contribution in [-0.4, -0.2) is 9.97 Å². The average molecular weight is 216 g/mol. The van der Waals surface area contributed by atoms with Crippen LogP contribution in [0.15, 0.2) is 50.4 Å². The second-order valence-electron chi connectivity index (χ2n) is 3.28. The minimum absolute atomic E-state index is 0.294. The Labute approximate surface area is 89.7 Å². The highest BCUT2D eigenvalue weighted by Gasteiger charge is 2.15. The van der Waals surface area contributed by atoms with E-state index >= 15 is 0 Å². The first-order valence-corrected chi connectivity index (χ1v) is 4.74. The van der Waals surface area contributed by atoms with Crippen LogP contribution in [0.25, 0.3) is 22.9 Å². The molecule has 0 bridgehead atoms. The molecule has 3 heterocycles. The van der Waals surface area contributed by atoms with Crippen LogP contribution in [-0.2, 0) is 0 Å². The topological polar surface area (TPSA) is 74.9 Å². The van der Waals surface area contributed by atoms with Gasteiger partial charge in [-0.3, -0.25) is 0 Å². The standard InChI is InChI=1S/C11H8N2O3/c14-11-12-9(7-3-1-5-15-7)10(13-11)8-4-2-6-16-8/h1-6H,(H2,12,13,14). The zero-order chi connectivity index (χ0) is 11.0. The van der Waals surface area contributed by atoms with Crippen LogP contribution in [0, 0.1) is 0 Å². The highest BCUT2D eigenvalue weighted by molar-refractivity contribution is 5.72. The van der Waals surface area contributed by atoms with Gasteiger partial charge in [-0.1, -0.05) is 0 Å². The minimum Gasteiger partial charge on any atom is -0.463 e. The minimum atomic E-state index is -0.294. The van der Waals surface area contributed by atoms with Gasteiger partial charge >= 0.3 is 5.69 Å². The van der Waals surface area contributed by atoms with Crippen LogP contribution < -0.4 is 5.69 Å². The van der Waals surface area contributed by atoms with Gasteiger partial charge in [0.1, 0.15) is 11.4 Å². The Bertz CT molecular complexity index is 574. The summed E-state index contributed by atoms with van der Waals surface area (Å²) >= 11 is 0. The maximum Gasteiger partial charge on any atom is 0.324 e. The fourth-order valence-corrected chi connectivity index (χ4v) is 1.59. The molecule has 0 radical (unpaired) electrons. The summed E-state index contributed by atoms with van der Waals surface area (Å²) in [7, 11) is 0. The van der Waals surface area contributed by atoms with Crippen LogP contribution in [0.2, 0.25) is 0 Å². The van der Waals surface area contributed by atoms with E-state index in [0.717, 1.165) is 0 Å². The Morgan fingerprint density at radius 2 is 1.38 bits per heavy atom. The molecule has 16 heavy (non-hydrogen) atoms. The van der Waals surface area contributed by atoms with Gasteiger partial charge in [0.05, 0.1) is 12.5 Å². The molecule has 0 aliphatic carbocycles. The summed E-state index contributed by atoms with van der Waals surface area (Å²) in [5.41, 5.74) is 0.882. The molecule has 0 aliphatic heterocycles. The lowest BCUT2D eigenvalue weighted by Crippen LogP contribution is -2.00. The van der Waals surface area contributed by atoms with Crippen LogP contribution in [0.3, 0.4) is 0 Å². The van der Waals surface area contributed by atoms with Crippen LogP contribution in [0.5, 0.6) is 0 Å². The van der Waals surface area contributed by atoms with Crippen LogP contribution in [0.1, 0.15) is 0 Å². The molecule has 0 aliphatic rings. The Hall–Kier alpha value is -2.43. The quantitative estimate of drug-likeness (QED) is 0.689. The van der Waals surface area contributed by atoms with Crippen molar-refractivity contribution in [1.82, 2.24) is 9.97 Å². The number of aromatic amines is 2. The predicted octanol–water partition coefficient (Wildman–Crippen LogP) is 2.22. The van der Waals surface area contributed by atoms with Gasteiger partial charge < -0.3 is 18.8 Å². The number of rotatable bonds is 2.